The molecule has 180 valence electrons. The lowest BCUT2D eigenvalue weighted by atomic mass is 9.82. The number of aromatic nitrogens is 2. The van der Waals surface area contributed by atoms with Crippen molar-refractivity contribution in [3.8, 4) is 29.0 Å². The predicted octanol–water partition coefficient (Wildman–Crippen LogP) is 6.17. The molecule has 1 aliphatic rings. The van der Waals surface area contributed by atoms with Crippen LogP contribution in [0.2, 0.25) is 0 Å². The Labute approximate surface area is 212 Å². The number of allylic oxidation sites excluding steroid dienone is 1. The standard InChI is InChI=1S/C30H21FN4O2/c31-20-14-12-18(13-15-20)17-36-25-11-4-3-9-23(25)26-24(16-32)29(33)37-30-27(26)28(34-35-30)22-10-5-7-19-6-1-2-8-21(19)22/h1-15,26H,17,33H2,(H,34,35)/t26-/m1/s1. The molecule has 6 rings (SSSR count). The lowest BCUT2D eigenvalue weighted by molar-refractivity contribution is 0.301. The van der Waals surface area contributed by atoms with Gasteiger partial charge in [-0.25, -0.2) is 4.39 Å². The smallest absolute Gasteiger partial charge is 0.244 e. The molecular formula is C30H21FN4O2. The number of fused-ring (bicyclic) bond motifs is 2. The third kappa shape index (κ3) is 3.95. The number of rotatable bonds is 5. The van der Waals surface area contributed by atoms with Gasteiger partial charge >= 0.3 is 0 Å². The van der Waals surface area contributed by atoms with Gasteiger partial charge in [-0.2, -0.15) is 5.26 Å². The molecule has 37 heavy (non-hydrogen) atoms. The Balaban J connectivity index is 1.49. The highest BCUT2D eigenvalue weighted by atomic mass is 19.1. The molecule has 0 bridgehead atoms. The maximum atomic E-state index is 13.4. The number of hydrogen-bond acceptors (Lipinski definition) is 5. The first-order valence-electron chi connectivity index (χ1n) is 11.7. The van der Waals surface area contributed by atoms with Gasteiger partial charge < -0.3 is 15.2 Å². The van der Waals surface area contributed by atoms with Crippen LogP contribution < -0.4 is 15.2 Å². The molecule has 0 aliphatic carbocycles. The van der Waals surface area contributed by atoms with Crippen LogP contribution in [0.25, 0.3) is 22.0 Å². The van der Waals surface area contributed by atoms with Crippen molar-refractivity contribution in [2.45, 2.75) is 12.5 Å². The number of nitrogens with two attached hydrogens (primary N) is 1. The maximum absolute atomic E-state index is 13.4. The molecule has 0 saturated carbocycles. The number of ether oxygens (including phenoxy) is 2. The Kier molecular flexibility index (Phi) is 5.55. The summed E-state index contributed by atoms with van der Waals surface area (Å²) in [5, 5.41) is 19.8. The quantitative estimate of drug-likeness (QED) is 0.309. The zero-order valence-corrected chi connectivity index (χ0v) is 19.6. The summed E-state index contributed by atoms with van der Waals surface area (Å²) in [4.78, 5) is 0. The minimum atomic E-state index is -0.578. The normalized spacial score (nSPS) is 14.6. The number of nitrogens with one attached hydrogen (secondary N) is 1. The average molecular weight is 489 g/mol. The summed E-state index contributed by atoms with van der Waals surface area (Å²) in [5.74, 6) is 0.0161. The third-order valence-corrected chi connectivity index (χ3v) is 6.54. The molecule has 0 saturated heterocycles. The van der Waals surface area contributed by atoms with E-state index in [0.717, 1.165) is 33.2 Å². The van der Waals surface area contributed by atoms with E-state index in [0.29, 0.717) is 17.2 Å². The summed E-state index contributed by atoms with van der Waals surface area (Å²) >= 11 is 0. The van der Waals surface area contributed by atoms with E-state index in [4.69, 9.17) is 15.2 Å². The van der Waals surface area contributed by atoms with Crippen LogP contribution in [0.15, 0.2) is 102 Å². The van der Waals surface area contributed by atoms with Gasteiger partial charge in [-0.1, -0.05) is 72.8 Å². The Morgan fingerprint density at radius 3 is 2.57 bits per heavy atom. The fraction of sp³-hybridized carbons (Fsp3) is 0.0667. The molecule has 6 nitrogen and oxygen atoms in total. The van der Waals surface area contributed by atoms with Crippen molar-refractivity contribution in [3.05, 3.63) is 125 Å². The van der Waals surface area contributed by atoms with Gasteiger partial charge in [0, 0.05) is 11.1 Å². The average Bonchev–Trinajstić information content (AvgIpc) is 3.35. The summed E-state index contributed by atoms with van der Waals surface area (Å²) in [6, 6.07) is 30.0. The molecule has 5 aromatic rings. The zero-order valence-electron chi connectivity index (χ0n) is 19.6. The molecule has 1 aromatic heterocycles. The Hall–Kier alpha value is -5.09. The first kappa shape index (κ1) is 22.4. The van der Waals surface area contributed by atoms with Crippen molar-refractivity contribution in [1.29, 1.82) is 5.26 Å². The second-order valence-corrected chi connectivity index (χ2v) is 8.72. The topological polar surface area (TPSA) is 97.0 Å². The number of nitrogens with zero attached hydrogens (tertiary/aromatic N) is 2. The fourth-order valence-corrected chi connectivity index (χ4v) is 4.80. The third-order valence-electron chi connectivity index (χ3n) is 6.54. The van der Waals surface area contributed by atoms with Crippen molar-refractivity contribution < 1.29 is 13.9 Å². The van der Waals surface area contributed by atoms with Crippen molar-refractivity contribution in [3.63, 3.8) is 0 Å². The molecule has 0 fully saturated rings. The Morgan fingerprint density at radius 2 is 1.73 bits per heavy atom. The number of nitriles is 1. The van der Waals surface area contributed by atoms with Gasteiger partial charge in [0.2, 0.25) is 11.8 Å². The summed E-state index contributed by atoms with van der Waals surface area (Å²) in [6.45, 7) is 0.232. The van der Waals surface area contributed by atoms with Gasteiger partial charge in [-0.05, 0) is 34.5 Å². The summed E-state index contributed by atoms with van der Waals surface area (Å²) < 4.78 is 25.3. The first-order chi connectivity index (χ1) is 18.1. The SMILES string of the molecule is N#CC1=C(N)Oc2n[nH]c(-c3cccc4ccccc34)c2[C@@H]1c1ccccc1OCc1ccc(F)cc1. The molecule has 0 unspecified atom stereocenters. The molecule has 7 heteroatoms. The molecule has 0 amide bonds. The van der Waals surface area contributed by atoms with Crippen LogP contribution in [-0.2, 0) is 6.61 Å². The van der Waals surface area contributed by atoms with E-state index in [9.17, 15) is 9.65 Å². The van der Waals surface area contributed by atoms with Crippen LogP contribution in [0.5, 0.6) is 11.6 Å². The van der Waals surface area contributed by atoms with E-state index < -0.39 is 5.92 Å². The van der Waals surface area contributed by atoms with Crippen molar-refractivity contribution in [2.75, 3.05) is 0 Å². The highest BCUT2D eigenvalue weighted by Crippen LogP contribution is 2.48. The van der Waals surface area contributed by atoms with Crippen molar-refractivity contribution >= 4 is 10.8 Å². The zero-order chi connectivity index (χ0) is 25.4. The van der Waals surface area contributed by atoms with Gasteiger partial charge in [0.05, 0.1) is 17.2 Å². The molecule has 0 radical (unpaired) electrons. The Morgan fingerprint density at radius 1 is 0.973 bits per heavy atom. The minimum absolute atomic E-state index is 0.00399. The van der Waals surface area contributed by atoms with Gasteiger partial charge in [0.15, 0.2) is 0 Å². The van der Waals surface area contributed by atoms with E-state index in [-0.39, 0.29) is 23.9 Å². The lowest BCUT2D eigenvalue weighted by Crippen LogP contribution is -2.21. The monoisotopic (exact) mass is 488 g/mol. The van der Waals surface area contributed by atoms with Crippen LogP contribution in [0.4, 0.5) is 4.39 Å². The van der Waals surface area contributed by atoms with Gasteiger partial charge in [0.25, 0.3) is 0 Å². The number of benzene rings is 4. The van der Waals surface area contributed by atoms with Crippen LogP contribution in [0, 0.1) is 17.1 Å². The van der Waals surface area contributed by atoms with Gasteiger partial charge in [-0.15, -0.1) is 5.10 Å². The van der Waals surface area contributed by atoms with Crippen LogP contribution in [-0.4, -0.2) is 10.2 Å². The number of hydrogen-bond donors (Lipinski definition) is 2. The molecule has 1 aliphatic heterocycles. The van der Waals surface area contributed by atoms with Crippen LogP contribution >= 0.6 is 0 Å². The van der Waals surface area contributed by atoms with E-state index in [1.807, 2.05) is 66.7 Å². The lowest BCUT2D eigenvalue weighted by Gasteiger charge is -2.26. The summed E-state index contributed by atoms with van der Waals surface area (Å²) in [6.07, 6.45) is 0. The molecule has 2 heterocycles. The van der Waals surface area contributed by atoms with E-state index in [2.05, 4.69) is 16.3 Å². The summed E-state index contributed by atoms with van der Waals surface area (Å²) in [7, 11) is 0. The van der Waals surface area contributed by atoms with Crippen molar-refractivity contribution in [1.82, 2.24) is 10.2 Å². The predicted molar refractivity (Wildman–Crippen MR) is 138 cm³/mol. The number of H-pyrrole nitrogens is 1. The fourth-order valence-electron chi connectivity index (χ4n) is 4.80. The Bertz CT molecular complexity index is 1690. The van der Waals surface area contributed by atoms with Crippen LogP contribution in [0.1, 0.15) is 22.6 Å². The molecule has 1 atom stereocenters. The number of halogens is 1. The molecular weight excluding hydrogens is 467 g/mol. The highest BCUT2D eigenvalue weighted by Gasteiger charge is 2.37. The molecule has 0 spiro atoms. The van der Waals surface area contributed by atoms with Crippen molar-refractivity contribution in [2.24, 2.45) is 5.73 Å². The van der Waals surface area contributed by atoms with E-state index in [1.165, 1.54) is 12.1 Å². The second kappa shape index (κ2) is 9.17. The molecule has 3 N–H and O–H groups in total. The van der Waals surface area contributed by atoms with E-state index >= 15 is 0 Å². The van der Waals surface area contributed by atoms with E-state index in [1.54, 1.807) is 12.1 Å². The summed E-state index contributed by atoms with van der Waals surface area (Å²) in [5.41, 5.74) is 10.4. The number of aromatic amines is 1. The first-order valence-corrected chi connectivity index (χ1v) is 11.7. The van der Waals surface area contributed by atoms with Crippen LogP contribution in [0.3, 0.4) is 0 Å². The minimum Gasteiger partial charge on any atom is -0.489 e. The largest absolute Gasteiger partial charge is 0.489 e. The number of para-hydroxylation sites is 1. The van der Waals surface area contributed by atoms with Gasteiger partial charge in [-0.3, -0.25) is 5.10 Å². The maximum Gasteiger partial charge on any atom is 0.244 e. The highest BCUT2D eigenvalue weighted by molar-refractivity contribution is 5.97. The second-order valence-electron chi connectivity index (χ2n) is 8.72. The van der Waals surface area contributed by atoms with Gasteiger partial charge in [0.1, 0.15) is 29.8 Å². The molecule has 4 aromatic carbocycles.